The van der Waals surface area contributed by atoms with Crippen molar-refractivity contribution in [1.29, 1.82) is 0 Å². The largest absolute Gasteiger partial charge is 0.495 e. The van der Waals surface area contributed by atoms with Gasteiger partial charge in [-0.2, -0.15) is 0 Å². The van der Waals surface area contributed by atoms with Gasteiger partial charge in [0, 0.05) is 12.0 Å². The highest BCUT2D eigenvalue weighted by Crippen LogP contribution is 2.41. The quantitative estimate of drug-likeness (QED) is 0.801. The Hall–Kier alpha value is -2.05. The second kappa shape index (κ2) is 7.33. The molecule has 0 aromatic heterocycles. The molecule has 0 fully saturated rings. The summed E-state index contributed by atoms with van der Waals surface area (Å²) in [5.41, 5.74) is 3.80. The molecule has 0 spiro atoms. The van der Waals surface area contributed by atoms with Gasteiger partial charge in [0.15, 0.2) is 0 Å². The Kier molecular flexibility index (Phi) is 5.11. The number of hydrogen-bond acceptors (Lipinski definition) is 4. The summed E-state index contributed by atoms with van der Waals surface area (Å²) in [6.45, 7) is 5.97. The molecule has 156 valence electrons. The molecule has 1 atom stereocenters. The van der Waals surface area contributed by atoms with Gasteiger partial charge in [0.2, 0.25) is 10.0 Å². The maximum Gasteiger partial charge on any atom is 0.244 e. The number of aryl methyl sites for hydroxylation is 3. The van der Waals surface area contributed by atoms with Gasteiger partial charge in [0.05, 0.1) is 13.2 Å². The number of sulfonamides is 1. The highest BCUT2D eigenvalue weighted by atomic mass is 32.2. The minimum atomic E-state index is -3.77. The molecule has 0 amide bonds. The maximum atomic E-state index is 13.4. The molecule has 29 heavy (non-hydrogen) atoms. The summed E-state index contributed by atoms with van der Waals surface area (Å²) in [7, 11) is -2.24. The Morgan fingerprint density at radius 3 is 2.48 bits per heavy atom. The lowest BCUT2D eigenvalue weighted by molar-refractivity contribution is 0.0701. The predicted molar refractivity (Wildman–Crippen MR) is 113 cm³/mol. The van der Waals surface area contributed by atoms with E-state index in [1.165, 1.54) is 12.7 Å². The van der Waals surface area contributed by atoms with Crippen LogP contribution in [0.15, 0.2) is 35.2 Å². The Morgan fingerprint density at radius 2 is 1.79 bits per heavy atom. The molecule has 0 unspecified atom stereocenters. The van der Waals surface area contributed by atoms with Crippen molar-refractivity contribution in [2.24, 2.45) is 0 Å². The molecular weight excluding hydrogens is 386 g/mol. The van der Waals surface area contributed by atoms with E-state index >= 15 is 0 Å². The molecule has 0 saturated heterocycles. The molecular formula is C23H29NO4S. The molecule has 2 aromatic rings. The number of ether oxygens (including phenoxy) is 2. The third-order valence-electron chi connectivity index (χ3n) is 5.84. The van der Waals surface area contributed by atoms with E-state index in [1.54, 1.807) is 6.07 Å². The lowest BCUT2D eigenvalue weighted by atomic mass is 9.90. The molecule has 1 aliphatic heterocycles. The average Bonchev–Trinajstić information content (AvgIpc) is 2.65. The van der Waals surface area contributed by atoms with E-state index in [1.807, 2.05) is 45.0 Å². The Labute approximate surface area is 173 Å². The van der Waals surface area contributed by atoms with Gasteiger partial charge in [-0.15, -0.1) is 0 Å². The van der Waals surface area contributed by atoms with Crippen LogP contribution in [0.3, 0.4) is 0 Å². The fourth-order valence-electron chi connectivity index (χ4n) is 4.42. The number of fused-ring (bicyclic) bond motifs is 2. The number of hydrogen-bond donors (Lipinski definition) is 1. The highest BCUT2D eigenvalue weighted by molar-refractivity contribution is 7.89. The van der Waals surface area contributed by atoms with E-state index in [-0.39, 0.29) is 10.9 Å². The van der Waals surface area contributed by atoms with Crippen molar-refractivity contribution in [3.8, 4) is 11.5 Å². The van der Waals surface area contributed by atoms with Crippen molar-refractivity contribution < 1.29 is 17.9 Å². The zero-order chi connectivity index (χ0) is 20.8. The van der Waals surface area contributed by atoms with Crippen LogP contribution < -0.4 is 14.2 Å². The second-order valence-corrected chi connectivity index (χ2v) is 10.4. The van der Waals surface area contributed by atoms with Gasteiger partial charge in [-0.05, 0) is 81.3 Å². The van der Waals surface area contributed by atoms with E-state index in [2.05, 4.69) is 4.72 Å². The lowest BCUT2D eigenvalue weighted by Crippen LogP contribution is -2.41. The maximum absolute atomic E-state index is 13.4. The van der Waals surface area contributed by atoms with Crippen LogP contribution in [0.5, 0.6) is 11.5 Å². The summed E-state index contributed by atoms with van der Waals surface area (Å²) in [6.07, 6.45) is 4.66. The van der Waals surface area contributed by atoms with Gasteiger partial charge < -0.3 is 9.47 Å². The molecule has 6 heteroatoms. The summed E-state index contributed by atoms with van der Waals surface area (Å²) in [5.74, 6) is 1.15. The molecule has 2 aliphatic rings. The summed E-state index contributed by atoms with van der Waals surface area (Å²) < 4.78 is 41.4. The van der Waals surface area contributed by atoms with E-state index in [9.17, 15) is 8.42 Å². The first-order valence-corrected chi connectivity index (χ1v) is 11.7. The zero-order valence-electron chi connectivity index (χ0n) is 17.5. The van der Waals surface area contributed by atoms with E-state index in [0.29, 0.717) is 12.2 Å². The van der Waals surface area contributed by atoms with Crippen molar-refractivity contribution in [2.75, 3.05) is 7.11 Å². The molecule has 0 saturated carbocycles. The highest BCUT2D eigenvalue weighted by Gasteiger charge is 2.37. The Bertz CT molecular complexity index is 1040. The summed E-state index contributed by atoms with van der Waals surface area (Å²) >= 11 is 0. The van der Waals surface area contributed by atoms with Crippen LogP contribution in [0.1, 0.15) is 61.4 Å². The van der Waals surface area contributed by atoms with Crippen molar-refractivity contribution in [3.05, 3.63) is 52.6 Å². The fourth-order valence-corrected chi connectivity index (χ4v) is 5.84. The SMILES string of the molecule is COc1cc2c(cc1S(=O)(=O)N[C@H]1CC(C)(C)Oc3cc(C)ccc31)CCCC2. The number of nitrogens with one attached hydrogen (secondary N) is 1. The first-order valence-electron chi connectivity index (χ1n) is 10.2. The van der Waals surface area contributed by atoms with Crippen LogP contribution in [0, 0.1) is 6.92 Å². The van der Waals surface area contributed by atoms with Crippen LogP contribution in [0.2, 0.25) is 0 Å². The Balaban J connectivity index is 1.73. The minimum absolute atomic E-state index is 0.221. The van der Waals surface area contributed by atoms with Crippen molar-refractivity contribution in [2.45, 2.75) is 69.4 Å². The molecule has 1 heterocycles. The van der Waals surface area contributed by atoms with Crippen molar-refractivity contribution >= 4 is 10.0 Å². The van der Waals surface area contributed by atoms with E-state index < -0.39 is 15.6 Å². The molecule has 0 radical (unpaired) electrons. The van der Waals surface area contributed by atoms with E-state index in [0.717, 1.165) is 48.1 Å². The molecule has 5 nitrogen and oxygen atoms in total. The van der Waals surface area contributed by atoms with Crippen LogP contribution in [-0.4, -0.2) is 21.1 Å². The molecule has 1 aliphatic carbocycles. The topological polar surface area (TPSA) is 64.6 Å². The van der Waals surface area contributed by atoms with Crippen LogP contribution in [0.25, 0.3) is 0 Å². The second-order valence-electron chi connectivity index (χ2n) is 8.76. The first-order chi connectivity index (χ1) is 13.7. The fraction of sp³-hybridized carbons (Fsp3) is 0.478. The van der Waals surface area contributed by atoms with Gasteiger partial charge in [0.25, 0.3) is 0 Å². The van der Waals surface area contributed by atoms with Gasteiger partial charge in [0.1, 0.15) is 22.0 Å². The lowest BCUT2D eigenvalue weighted by Gasteiger charge is -2.38. The van der Waals surface area contributed by atoms with Crippen LogP contribution >= 0.6 is 0 Å². The van der Waals surface area contributed by atoms with Gasteiger partial charge in [-0.25, -0.2) is 13.1 Å². The molecule has 2 aromatic carbocycles. The van der Waals surface area contributed by atoms with Gasteiger partial charge in [-0.3, -0.25) is 0 Å². The normalized spacial score (nSPS) is 20.3. The Morgan fingerprint density at radius 1 is 1.10 bits per heavy atom. The minimum Gasteiger partial charge on any atom is -0.495 e. The molecule has 4 rings (SSSR count). The number of benzene rings is 2. The van der Waals surface area contributed by atoms with Crippen LogP contribution in [0.4, 0.5) is 0 Å². The first kappa shape index (κ1) is 20.2. The third kappa shape index (κ3) is 4.01. The smallest absolute Gasteiger partial charge is 0.244 e. The van der Waals surface area contributed by atoms with Gasteiger partial charge >= 0.3 is 0 Å². The zero-order valence-corrected chi connectivity index (χ0v) is 18.4. The number of rotatable bonds is 4. The molecule has 0 bridgehead atoms. The van der Waals surface area contributed by atoms with Gasteiger partial charge in [-0.1, -0.05) is 12.1 Å². The van der Waals surface area contributed by atoms with Crippen LogP contribution in [-0.2, 0) is 22.9 Å². The standard InChI is InChI=1S/C23H29NO4S/c1-15-9-10-18-19(14-23(2,3)28-20(18)11-15)24-29(25,26)22-13-17-8-6-5-7-16(17)12-21(22)27-4/h9-13,19,24H,5-8,14H2,1-4H3/t19-/m0/s1. The average molecular weight is 416 g/mol. The summed E-state index contributed by atoms with van der Waals surface area (Å²) in [6, 6.07) is 9.25. The number of methoxy groups -OCH3 is 1. The monoisotopic (exact) mass is 415 g/mol. The summed E-state index contributed by atoms with van der Waals surface area (Å²) in [5, 5.41) is 0. The van der Waals surface area contributed by atoms with Crippen molar-refractivity contribution in [3.63, 3.8) is 0 Å². The van der Waals surface area contributed by atoms with Crippen molar-refractivity contribution in [1.82, 2.24) is 4.72 Å². The third-order valence-corrected chi connectivity index (χ3v) is 7.33. The summed E-state index contributed by atoms with van der Waals surface area (Å²) in [4.78, 5) is 0.221. The predicted octanol–water partition coefficient (Wildman–Crippen LogP) is 4.46. The van der Waals surface area contributed by atoms with E-state index in [4.69, 9.17) is 9.47 Å². The molecule has 1 N–H and O–H groups in total.